The highest BCUT2D eigenvalue weighted by Crippen LogP contribution is 2.35. The number of rotatable bonds is 11. The Kier molecular flexibility index (Phi) is 10.1. The van der Waals surface area contributed by atoms with Crippen LogP contribution in [-0.4, -0.2) is 40.4 Å². The van der Waals surface area contributed by atoms with Gasteiger partial charge in [-0.25, -0.2) is 14.5 Å². The Hall–Kier alpha value is -4.92. The minimum Gasteiger partial charge on any atom is -0.456 e. The number of carbonyl (C=O) groups is 2. The lowest BCUT2D eigenvalue weighted by Gasteiger charge is -2.14. The standard InChI is InChI=1S/C30H30ClN7O4/c1-4-5-6-20-15-27(38(37-20)21-9-7-19(2)8-10-21)36-30(40)34-24-11-12-25(23(17-32)29(24)31)42-22-13-14-33-26(16-22)35-28(39)18-41-3/h7-16H,4-6,18H2,1-3H3,(H,33,35,39)(H2,34,36,40). The molecule has 4 rings (SSSR count). The first kappa shape index (κ1) is 30.0. The van der Waals surface area contributed by atoms with Crippen LogP contribution in [0.4, 0.5) is 22.1 Å². The summed E-state index contributed by atoms with van der Waals surface area (Å²) in [6, 6.07) is 17.2. The Balaban J connectivity index is 1.51. The van der Waals surface area contributed by atoms with E-state index >= 15 is 0 Å². The third-order valence-electron chi connectivity index (χ3n) is 6.03. The van der Waals surface area contributed by atoms with E-state index in [-0.39, 0.29) is 40.4 Å². The van der Waals surface area contributed by atoms with Crippen LogP contribution in [0.1, 0.15) is 36.6 Å². The van der Waals surface area contributed by atoms with E-state index in [1.54, 1.807) is 10.7 Å². The van der Waals surface area contributed by atoms with Gasteiger partial charge in [0.2, 0.25) is 0 Å². The van der Waals surface area contributed by atoms with Crippen molar-refractivity contribution in [1.29, 1.82) is 5.26 Å². The van der Waals surface area contributed by atoms with Crippen LogP contribution in [0.2, 0.25) is 5.02 Å². The Morgan fingerprint density at radius 2 is 1.86 bits per heavy atom. The molecule has 0 unspecified atom stereocenters. The third-order valence-corrected chi connectivity index (χ3v) is 6.43. The first-order valence-corrected chi connectivity index (χ1v) is 13.6. The summed E-state index contributed by atoms with van der Waals surface area (Å²) in [7, 11) is 1.41. The summed E-state index contributed by atoms with van der Waals surface area (Å²) in [5, 5.41) is 22.7. The summed E-state index contributed by atoms with van der Waals surface area (Å²) in [5.41, 5.74) is 3.01. The number of nitriles is 1. The number of carbonyl (C=O) groups excluding carboxylic acids is 2. The number of aromatic nitrogens is 3. The summed E-state index contributed by atoms with van der Waals surface area (Å²) in [5.74, 6) is 0.830. The molecule has 12 heteroatoms. The van der Waals surface area contributed by atoms with Gasteiger partial charge in [0.15, 0.2) is 0 Å². The first-order chi connectivity index (χ1) is 20.3. The van der Waals surface area contributed by atoms with Gasteiger partial charge < -0.3 is 20.1 Å². The SMILES string of the molecule is CCCCc1cc(NC(=O)Nc2ccc(Oc3ccnc(NC(=O)COC)c3)c(C#N)c2Cl)n(-c2ccc(C)cc2)n1. The number of aryl methyl sites for hydroxylation is 2. The zero-order valence-corrected chi connectivity index (χ0v) is 24.2. The molecule has 4 aromatic rings. The average molecular weight is 588 g/mol. The normalized spacial score (nSPS) is 10.5. The van der Waals surface area contributed by atoms with Crippen molar-refractivity contribution >= 4 is 40.9 Å². The Morgan fingerprint density at radius 1 is 1.07 bits per heavy atom. The number of methoxy groups -OCH3 is 1. The van der Waals surface area contributed by atoms with Crippen LogP contribution < -0.4 is 20.7 Å². The Labute approximate surface area is 248 Å². The van der Waals surface area contributed by atoms with Gasteiger partial charge in [0.25, 0.3) is 5.91 Å². The average Bonchev–Trinajstić information content (AvgIpc) is 3.36. The van der Waals surface area contributed by atoms with Crippen molar-refractivity contribution in [2.24, 2.45) is 0 Å². The molecule has 0 radical (unpaired) electrons. The van der Waals surface area contributed by atoms with Gasteiger partial charge >= 0.3 is 6.03 Å². The van der Waals surface area contributed by atoms with E-state index in [9.17, 15) is 14.9 Å². The number of halogens is 1. The molecule has 3 N–H and O–H groups in total. The Morgan fingerprint density at radius 3 is 2.57 bits per heavy atom. The van der Waals surface area contributed by atoms with E-state index in [1.807, 2.05) is 43.3 Å². The van der Waals surface area contributed by atoms with Gasteiger partial charge in [-0.1, -0.05) is 42.6 Å². The van der Waals surface area contributed by atoms with Crippen LogP contribution in [0.3, 0.4) is 0 Å². The fraction of sp³-hybridized carbons (Fsp3) is 0.233. The summed E-state index contributed by atoms with van der Waals surface area (Å²) >= 11 is 6.52. The maximum absolute atomic E-state index is 13.1. The van der Waals surface area contributed by atoms with Crippen molar-refractivity contribution in [3.8, 4) is 23.3 Å². The van der Waals surface area contributed by atoms with Gasteiger partial charge in [0.1, 0.15) is 41.4 Å². The minimum absolute atomic E-state index is 0.00324. The zero-order chi connectivity index (χ0) is 30.1. The molecule has 0 atom stereocenters. The molecule has 2 aromatic carbocycles. The van der Waals surface area contributed by atoms with Gasteiger partial charge in [0.05, 0.1) is 22.1 Å². The van der Waals surface area contributed by atoms with E-state index < -0.39 is 6.03 Å². The monoisotopic (exact) mass is 587 g/mol. The highest BCUT2D eigenvalue weighted by molar-refractivity contribution is 6.35. The number of unbranched alkanes of at least 4 members (excludes halogenated alkanes) is 1. The molecule has 0 saturated heterocycles. The van der Waals surface area contributed by atoms with Crippen molar-refractivity contribution in [1.82, 2.24) is 14.8 Å². The molecule has 11 nitrogen and oxygen atoms in total. The maximum atomic E-state index is 13.1. The van der Waals surface area contributed by atoms with Crippen molar-refractivity contribution in [3.05, 3.63) is 82.6 Å². The lowest BCUT2D eigenvalue weighted by molar-refractivity contribution is -0.119. The fourth-order valence-corrected chi connectivity index (χ4v) is 4.22. The largest absolute Gasteiger partial charge is 0.456 e. The smallest absolute Gasteiger partial charge is 0.324 e. The number of nitrogens with zero attached hydrogens (tertiary/aromatic N) is 4. The van der Waals surface area contributed by atoms with Crippen LogP contribution in [-0.2, 0) is 16.0 Å². The minimum atomic E-state index is -0.560. The van der Waals surface area contributed by atoms with Crippen LogP contribution in [0, 0.1) is 18.3 Å². The maximum Gasteiger partial charge on any atom is 0.324 e. The molecule has 3 amide bonds. The molecule has 2 aromatic heterocycles. The van der Waals surface area contributed by atoms with E-state index in [2.05, 4.69) is 33.0 Å². The summed E-state index contributed by atoms with van der Waals surface area (Å²) in [4.78, 5) is 28.9. The predicted octanol–water partition coefficient (Wildman–Crippen LogP) is 6.46. The van der Waals surface area contributed by atoms with Gasteiger partial charge in [-0.15, -0.1) is 0 Å². The van der Waals surface area contributed by atoms with Gasteiger partial charge in [-0.2, -0.15) is 10.4 Å². The third kappa shape index (κ3) is 7.63. The molecule has 0 bridgehead atoms. The number of urea groups is 1. The number of hydrogen-bond acceptors (Lipinski definition) is 7. The molecule has 0 spiro atoms. The number of hydrogen-bond donors (Lipinski definition) is 3. The molecule has 0 fully saturated rings. The van der Waals surface area contributed by atoms with Gasteiger partial charge in [0, 0.05) is 25.4 Å². The number of ether oxygens (including phenoxy) is 2. The summed E-state index contributed by atoms with van der Waals surface area (Å²) in [6.07, 6.45) is 4.22. The van der Waals surface area contributed by atoms with Crippen molar-refractivity contribution in [2.45, 2.75) is 33.1 Å². The second-order valence-electron chi connectivity index (χ2n) is 9.32. The number of nitrogens with one attached hydrogen (secondary N) is 3. The molecular formula is C30H30ClN7O4. The summed E-state index contributed by atoms with van der Waals surface area (Å²) < 4.78 is 12.3. The molecule has 0 saturated carbocycles. The van der Waals surface area contributed by atoms with Crippen molar-refractivity contribution in [2.75, 3.05) is 29.7 Å². The van der Waals surface area contributed by atoms with Crippen LogP contribution in [0.25, 0.3) is 5.69 Å². The van der Waals surface area contributed by atoms with Crippen LogP contribution in [0.5, 0.6) is 11.5 Å². The van der Waals surface area contributed by atoms with E-state index in [0.29, 0.717) is 11.6 Å². The number of amides is 3. The fourth-order valence-electron chi connectivity index (χ4n) is 3.98. The second kappa shape index (κ2) is 14.1. The summed E-state index contributed by atoms with van der Waals surface area (Å²) in [6.45, 7) is 3.98. The van der Waals surface area contributed by atoms with Gasteiger partial charge in [-0.05, 0) is 50.1 Å². The molecule has 42 heavy (non-hydrogen) atoms. The first-order valence-electron chi connectivity index (χ1n) is 13.2. The van der Waals surface area contributed by atoms with Crippen LogP contribution >= 0.6 is 11.6 Å². The zero-order valence-electron chi connectivity index (χ0n) is 23.4. The van der Waals surface area contributed by atoms with E-state index in [1.165, 1.54) is 31.5 Å². The second-order valence-corrected chi connectivity index (χ2v) is 9.70. The topological polar surface area (TPSA) is 143 Å². The lowest BCUT2D eigenvalue weighted by Crippen LogP contribution is -2.21. The predicted molar refractivity (Wildman–Crippen MR) is 161 cm³/mol. The Bertz CT molecular complexity index is 1610. The van der Waals surface area contributed by atoms with Gasteiger partial charge in [-0.3, -0.25) is 10.1 Å². The van der Waals surface area contributed by atoms with E-state index in [4.69, 9.17) is 21.1 Å². The number of pyridine rings is 1. The quantitative estimate of drug-likeness (QED) is 0.182. The molecule has 2 heterocycles. The van der Waals surface area contributed by atoms with Crippen molar-refractivity contribution in [3.63, 3.8) is 0 Å². The molecule has 0 aliphatic heterocycles. The molecule has 216 valence electrons. The molecule has 0 aliphatic carbocycles. The highest BCUT2D eigenvalue weighted by Gasteiger charge is 2.18. The molecular weight excluding hydrogens is 558 g/mol. The lowest BCUT2D eigenvalue weighted by atomic mass is 10.2. The number of anilines is 3. The highest BCUT2D eigenvalue weighted by atomic mass is 35.5. The van der Waals surface area contributed by atoms with Crippen molar-refractivity contribution < 1.29 is 19.1 Å². The molecule has 0 aliphatic rings. The van der Waals surface area contributed by atoms with Crippen LogP contribution in [0.15, 0.2) is 60.8 Å². The number of benzene rings is 2. The van der Waals surface area contributed by atoms with E-state index in [0.717, 1.165) is 36.2 Å².